The van der Waals surface area contributed by atoms with Gasteiger partial charge in [0.05, 0.1) is 20.0 Å². The fourth-order valence-electron chi connectivity index (χ4n) is 5.65. The number of phosphoric ester groups is 1. The molecule has 2 fully saturated rings. The lowest BCUT2D eigenvalue weighted by molar-refractivity contribution is -0.646. The van der Waals surface area contributed by atoms with E-state index in [0.29, 0.717) is 0 Å². The summed E-state index contributed by atoms with van der Waals surface area (Å²) in [6, 6.07) is 0. The van der Waals surface area contributed by atoms with E-state index in [-0.39, 0.29) is 45.6 Å². The molecule has 6 heterocycles. The predicted octanol–water partition coefficient (Wildman–Crippen LogP) is -2.76. The van der Waals surface area contributed by atoms with E-state index in [1.54, 1.807) is 7.05 Å². The Morgan fingerprint density at radius 3 is 2.36 bits per heavy atom. The molecule has 27 nitrogen and oxygen atoms in total. The van der Waals surface area contributed by atoms with E-state index in [1.807, 2.05) is 0 Å². The molecule has 0 bridgehead atoms. The van der Waals surface area contributed by atoms with Crippen molar-refractivity contribution in [2.45, 2.75) is 49.1 Å². The lowest BCUT2D eigenvalue weighted by Crippen LogP contribution is -2.34. The summed E-state index contributed by atoms with van der Waals surface area (Å²) in [6.45, 7) is -6.29. The van der Waals surface area contributed by atoms with Gasteiger partial charge in [-0.2, -0.15) is 28.1 Å². The van der Waals surface area contributed by atoms with Crippen molar-refractivity contribution >= 4 is 68.0 Å². The van der Waals surface area contributed by atoms with Crippen molar-refractivity contribution in [3.05, 3.63) is 23.0 Å². The third-order valence-corrected chi connectivity index (χ3v) is 14.5. The number of rotatable bonds is 13. The molecule has 6 rings (SSSR count). The van der Waals surface area contributed by atoms with Gasteiger partial charge in [-0.15, -0.1) is 0 Å². The smallest absolute Gasteiger partial charge is 0.488 e. The predicted molar refractivity (Wildman–Crippen MR) is 174 cm³/mol. The van der Waals surface area contributed by atoms with Gasteiger partial charge in [-0.25, -0.2) is 23.2 Å². The summed E-state index contributed by atoms with van der Waals surface area (Å²) in [5.41, 5.74) is 10.4. The van der Waals surface area contributed by atoms with Crippen LogP contribution in [-0.4, -0.2) is 125 Å². The van der Waals surface area contributed by atoms with Gasteiger partial charge >= 0.3 is 22.4 Å². The molecule has 5 unspecified atom stereocenters. The van der Waals surface area contributed by atoms with Gasteiger partial charge in [-0.1, -0.05) is 0 Å². The van der Waals surface area contributed by atoms with Crippen molar-refractivity contribution in [1.29, 1.82) is 0 Å². The van der Waals surface area contributed by atoms with Gasteiger partial charge in [0.2, 0.25) is 24.5 Å². The number of phosphoric acid groups is 2. The Kier molecular flexibility index (Phi) is 10.8. The van der Waals surface area contributed by atoms with E-state index in [4.69, 9.17) is 25.7 Å². The van der Waals surface area contributed by atoms with Crippen LogP contribution in [-0.2, 0) is 48.1 Å². The van der Waals surface area contributed by atoms with Gasteiger partial charge < -0.3 is 60.8 Å². The molecule has 4 aromatic heterocycles. The van der Waals surface area contributed by atoms with E-state index in [2.05, 4.69) is 38.1 Å². The van der Waals surface area contributed by atoms with Crippen molar-refractivity contribution in [2.75, 3.05) is 30.9 Å². The normalized spacial score (nSPS) is 29.7. The van der Waals surface area contributed by atoms with Crippen LogP contribution in [0.1, 0.15) is 12.5 Å². The Morgan fingerprint density at radius 2 is 1.66 bits per heavy atom. The largest absolute Gasteiger partial charge is 0.490 e. The zero-order chi connectivity index (χ0) is 38.8. The van der Waals surface area contributed by atoms with Crippen LogP contribution in [0.25, 0.3) is 22.3 Å². The first-order valence-electron chi connectivity index (χ1n) is 14.7. The second-order valence-electron chi connectivity index (χ2n) is 11.4. The number of aliphatic hydroxyl groups excluding tert-OH is 3. The zero-order valence-electron chi connectivity index (χ0n) is 26.9. The molecule has 2 saturated heterocycles. The molecule has 4 aromatic rings. The first kappa shape index (κ1) is 39.6. The molecular formula is C22H32N10O17P3S+. The highest BCUT2D eigenvalue weighted by atomic mass is 32.7. The number of fused-ring (bicyclic) bond motifs is 2. The summed E-state index contributed by atoms with van der Waals surface area (Å²) < 4.78 is 71.5. The second-order valence-corrected chi connectivity index (χ2v) is 18.6. The molecule has 0 radical (unpaired) electrons. The number of aromatic hydroxyl groups is 1. The summed E-state index contributed by atoms with van der Waals surface area (Å²) in [4.78, 5) is 60.3. The first-order chi connectivity index (χ1) is 24.7. The molecule has 0 saturated carbocycles. The third kappa shape index (κ3) is 7.99. The van der Waals surface area contributed by atoms with Crippen molar-refractivity contribution < 1.29 is 80.7 Å². The van der Waals surface area contributed by atoms with Crippen LogP contribution in [0, 0.1) is 0 Å². The Bertz CT molecular complexity index is 2240. The molecule has 2 aliphatic rings. The molecule has 2 aliphatic heterocycles. The number of aliphatic hydroxyl groups is 3. The standard InChI is InChI=1S/C22H31N10O17P3S/c1-30-6-32(16-10(30)18(37)29-22(24)27-16)20-14(44-2)12(34)8(47-20)4-53-52(42,43)49-51(40,41)48-50(38,39)45-3-7-11(33)13(35)19(46-7)31-5-25-9-15(31)26-21(23)28-17(9)36/h5-8,11-14,19-20,33-35H,3-4H2,1-2H3,(H8-,23,24,26,27,28,29,36,37,38,39,40,41,42,43)/p+1/t7-,8-,11?,12+,13+,14?,19-,20-/m1/s1. The average Bonchev–Trinajstić information content (AvgIpc) is 3.77. The molecule has 0 spiro atoms. The Hall–Kier alpha value is -3.14. The zero-order valence-corrected chi connectivity index (χ0v) is 30.4. The number of nitrogen functional groups attached to an aromatic ring is 2. The van der Waals surface area contributed by atoms with Crippen molar-refractivity contribution in [2.24, 2.45) is 7.05 Å². The van der Waals surface area contributed by atoms with Gasteiger partial charge in [-0.3, -0.25) is 18.9 Å². The number of imidazole rings is 2. The lowest BCUT2D eigenvalue weighted by atomic mass is 10.1. The highest BCUT2D eigenvalue weighted by Gasteiger charge is 2.51. The Morgan fingerprint density at radius 1 is 0.962 bits per heavy atom. The van der Waals surface area contributed by atoms with Crippen LogP contribution in [0.2, 0.25) is 0 Å². The minimum Gasteiger partial charge on any atom is -0.490 e. The van der Waals surface area contributed by atoms with Crippen LogP contribution < -0.4 is 21.6 Å². The van der Waals surface area contributed by atoms with Gasteiger partial charge in [0.1, 0.15) is 30.5 Å². The molecule has 0 aliphatic carbocycles. The Balaban J connectivity index is 1.06. The number of H-pyrrole nitrogens is 1. The van der Waals surface area contributed by atoms with Crippen molar-refractivity contribution in [3.8, 4) is 5.88 Å². The number of aromatic nitrogens is 8. The number of aryl methyl sites for hydroxylation is 1. The molecule has 31 heteroatoms. The Labute approximate surface area is 298 Å². The molecule has 53 heavy (non-hydrogen) atoms. The van der Waals surface area contributed by atoms with E-state index in [0.717, 1.165) is 10.9 Å². The monoisotopic (exact) mass is 833 g/mol. The summed E-state index contributed by atoms with van der Waals surface area (Å²) in [7, 11) is -8.70. The lowest BCUT2D eigenvalue weighted by Gasteiger charge is -2.21. The molecule has 0 amide bonds. The summed E-state index contributed by atoms with van der Waals surface area (Å²) in [5.74, 6) is -1.59. The quantitative estimate of drug-likeness (QED) is 0.0481. The van der Waals surface area contributed by atoms with E-state index < -0.39 is 95.3 Å². The number of ether oxygens (including phenoxy) is 3. The maximum absolute atomic E-state index is 12.8. The maximum Gasteiger partial charge on any atom is 0.488 e. The highest BCUT2D eigenvalue weighted by Crippen LogP contribution is 2.71. The number of hydrogen-bond donors (Lipinski definition) is 10. The number of nitrogens with two attached hydrogens (primary N) is 2. The number of nitrogens with zero attached hydrogens (tertiary/aromatic N) is 7. The van der Waals surface area contributed by atoms with Gasteiger partial charge in [0.15, 0.2) is 23.5 Å². The first-order valence-corrected chi connectivity index (χ1v) is 20.9. The van der Waals surface area contributed by atoms with Crippen LogP contribution in [0.15, 0.2) is 17.4 Å². The van der Waals surface area contributed by atoms with Gasteiger partial charge in [0, 0.05) is 12.9 Å². The van der Waals surface area contributed by atoms with Crippen molar-refractivity contribution in [1.82, 2.24) is 34.1 Å². The minimum atomic E-state index is -5.88. The van der Waals surface area contributed by atoms with Gasteiger partial charge in [0.25, 0.3) is 22.6 Å². The maximum atomic E-state index is 12.8. The van der Waals surface area contributed by atoms with Crippen LogP contribution in [0.3, 0.4) is 0 Å². The second kappa shape index (κ2) is 14.5. The molecule has 292 valence electrons. The molecular weight excluding hydrogens is 801 g/mol. The van der Waals surface area contributed by atoms with E-state index >= 15 is 0 Å². The van der Waals surface area contributed by atoms with Crippen LogP contribution in [0.5, 0.6) is 5.88 Å². The van der Waals surface area contributed by atoms with E-state index in [9.17, 15) is 53.6 Å². The molecule has 11 atom stereocenters. The molecule has 12 N–H and O–H groups in total. The van der Waals surface area contributed by atoms with Crippen LogP contribution >= 0.6 is 33.8 Å². The number of hydrogen-bond acceptors (Lipinski definition) is 21. The number of anilines is 2. The van der Waals surface area contributed by atoms with Crippen LogP contribution in [0.4, 0.5) is 11.9 Å². The average molecular weight is 834 g/mol. The summed E-state index contributed by atoms with van der Waals surface area (Å²) >= 11 is -0.00721. The SMILES string of the molecule is COC1[C@@H](O)[C@@H](CSP(=O)(O)OP(=O)(O)OP(=O)(O)OC[C@H]2O[C@@H](n3cnc4c(=O)[nH]c(N)nc43)[C@@H](O)C2O)O[C@H]1n1c[n+](C)c2c(O)nc(N)nc21. The van der Waals surface area contributed by atoms with E-state index in [1.165, 1.54) is 22.6 Å². The summed E-state index contributed by atoms with van der Waals surface area (Å²) in [5, 5.41) is 42.1. The fraction of sp³-hybridized carbons (Fsp3) is 0.545. The summed E-state index contributed by atoms with van der Waals surface area (Å²) in [6.07, 6.45) is -9.11. The van der Waals surface area contributed by atoms with Crippen molar-refractivity contribution in [3.63, 3.8) is 0 Å². The minimum absolute atomic E-state index is 0.00721. The number of methoxy groups -OCH3 is 1. The van der Waals surface area contributed by atoms with Gasteiger partial charge in [-0.05, 0) is 11.4 Å². The molecule has 0 aromatic carbocycles. The third-order valence-electron chi connectivity index (χ3n) is 7.90. The number of nitrogens with one attached hydrogen (secondary N) is 1. The highest BCUT2D eigenvalue weighted by molar-refractivity contribution is 8.55. The fourth-order valence-corrected chi connectivity index (χ4v) is 11.6. The number of aromatic amines is 1. The topological polar surface area (TPSA) is 398 Å².